The number of carbonyl (C=O) groups excluding carboxylic acids is 1. The van der Waals surface area contributed by atoms with Crippen LogP contribution >= 0.6 is 22.6 Å². The first kappa shape index (κ1) is 13.4. The number of nitrogens with one attached hydrogen (secondary N) is 1. The SMILES string of the molecule is N#Cc1ccc(NC(=O)c2ccc(I)cc2)c(N)c1. The number of halogens is 1. The molecule has 0 fully saturated rings. The van der Waals surface area contributed by atoms with Gasteiger partial charge in [0.15, 0.2) is 0 Å². The summed E-state index contributed by atoms with van der Waals surface area (Å²) in [6.07, 6.45) is 0. The summed E-state index contributed by atoms with van der Waals surface area (Å²) in [5, 5.41) is 11.5. The van der Waals surface area contributed by atoms with Gasteiger partial charge in [-0.05, 0) is 65.1 Å². The maximum Gasteiger partial charge on any atom is 0.255 e. The van der Waals surface area contributed by atoms with Gasteiger partial charge in [0.05, 0.1) is 23.0 Å². The number of nitrogen functional groups attached to an aromatic ring is 1. The van der Waals surface area contributed by atoms with Crippen molar-refractivity contribution in [3.8, 4) is 6.07 Å². The van der Waals surface area contributed by atoms with Gasteiger partial charge in [0.1, 0.15) is 0 Å². The molecule has 0 heterocycles. The summed E-state index contributed by atoms with van der Waals surface area (Å²) in [4.78, 5) is 12.0. The quantitative estimate of drug-likeness (QED) is 0.636. The highest BCUT2D eigenvalue weighted by atomic mass is 127. The van der Waals surface area contributed by atoms with Crippen LogP contribution in [0.4, 0.5) is 11.4 Å². The van der Waals surface area contributed by atoms with Gasteiger partial charge in [0.2, 0.25) is 0 Å². The second-order valence-corrected chi connectivity index (χ2v) is 5.12. The molecule has 2 rings (SSSR count). The van der Waals surface area contributed by atoms with E-state index in [1.165, 1.54) is 6.07 Å². The van der Waals surface area contributed by atoms with Crippen LogP contribution in [-0.4, -0.2) is 5.91 Å². The summed E-state index contributed by atoms with van der Waals surface area (Å²) in [5.41, 5.74) is 7.68. The van der Waals surface area contributed by atoms with E-state index in [2.05, 4.69) is 27.9 Å². The predicted octanol–water partition coefficient (Wildman–Crippen LogP) is 3.00. The highest BCUT2D eigenvalue weighted by molar-refractivity contribution is 14.1. The lowest BCUT2D eigenvalue weighted by Crippen LogP contribution is -2.13. The molecule has 94 valence electrons. The Bertz CT molecular complexity index is 659. The van der Waals surface area contributed by atoms with E-state index >= 15 is 0 Å². The van der Waals surface area contributed by atoms with Crippen LogP contribution in [0.15, 0.2) is 42.5 Å². The number of anilines is 2. The maximum absolute atomic E-state index is 12.0. The number of carbonyl (C=O) groups is 1. The Hall–Kier alpha value is -2.07. The van der Waals surface area contributed by atoms with Crippen molar-refractivity contribution in [1.82, 2.24) is 0 Å². The molecular weight excluding hydrogens is 353 g/mol. The van der Waals surface area contributed by atoms with Crippen molar-refractivity contribution in [2.75, 3.05) is 11.1 Å². The molecule has 0 radical (unpaired) electrons. The predicted molar refractivity (Wildman–Crippen MR) is 82.7 cm³/mol. The molecule has 0 aliphatic rings. The van der Waals surface area contributed by atoms with E-state index < -0.39 is 0 Å². The Morgan fingerprint density at radius 1 is 1.21 bits per heavy atom. The van der Waals surface area contributed by atoms with E-state index in [1.54, 1.807) is 24.3 Å². The van der Waals surface area contributed by atoms with Crippen molar-refractivity contribution in [2.24, 2.45) is 0 Å². The van der Waals surface area contributed by atoms with Gasteiger partial charge in [0.25, 0.3) is 5.91 Å². The smallest absolute Gasteiger partial charge is 0.255 e. The second kappa shape index (κ2) is 5.71. The van der Waals surface area contributed by atoms with E-state index in [0.29, 0.717) is 22.5 Å². The maximum atomic E-state index is 12.0. The molecule has 0 unspecified atom stereocenters. The van der Waals surface area contributed by atoms with Gasteiger partial charge in [-0.1, -0.05) is 0 Å². The van der Waals surface area contributed by atoms with Gasteiger partial charge >= 0.3 is 0 Å². The first-order chi connectivity index (χ1) is 9.10. The minimum absolute atomic E-state index is 0.229. The molecule has 0 aromatic heterocycles. The lowest BCUT2D eigenvalue weighted by molar-refractivity contribution is 0.102. The minimum Gasteiger partial charge on any atom is -0.397 e. The number of nitrogens with two attached hydrogens (primary N) is 1. The zero-order chi connectivity index (χ0) is 13.8. The molecule has 0 saturated heterocycles. The molecule has 0 aliphatic heterocycles. The number of rotatable bonds is 2. The summed E-state index contributed by atoms with van der Waals surface area (Å²) in [7, 11) is 0. The number of hydrogen-bond donors (Lipinski definition) is 2. The van der Waals surface area contributed by atoms with Crippen LogP contribution in [0.2, 0.25) is 0 Å². The normalized spacial score (nSPS) is 9.68. The Morgan fingerprint density at radius 2 is 1.89 bits per heavy atom. The molecule has 0 spiro atoms. The lowest BCUT2D eigenvalue weighted by Gasteiger charge is -2.08. The Kier molecular flexibility index (Phi) is 4.02. The molecule has 4 nitrogen and oxygen atoms in total. The summed E-state index contributed by atoms with van der Waals surface area (Å²) in [6.45, 7) is 0. The van der Waals surface area contributed by atoms with E-state index in [-0.39, 0.29) is 5.91 Å². The average Bonchev–Trinajstić information content (AvgIpc) is 2.41. The highest BCUT2D eigenvalue weighted by Crippen LogP contribution is 2.20. The van der Waals surface area contributed by atoms with Crippen molar-refractivity contribution < 1.29 is 4.79 Å². The fourth-order valence-corrected chi connectivity index (χ4v) is 1.90. The molecule has 0 bridgehead atoms. The third-order valence-electron chi connectivity index (χ3n) is 2.54. The van der Waals surface area contributed by atoms with Gasteiger partial charge in [0, 0.05) is 9.13 Å². The summed E-state index contributed by atoms with van der Waals surface area (Å²) < 4.78 is 1.06. The van der Waals surface area contributed by atoms with Crippen LogP contribution in [-0.2, 0) is 0 Å². The lowest BCUT2D eigenvalue weighted by atomic mass is 10.1. The van der Waals surface area contributed by atoms with E-state index in [1.807, 2.05) is 18.2 Å². The van der Waals surface area contributed by atoms with Crippen LogP contribution < -0.4 is 11.1 Å². The van der Waals surface area contributed by atoms with Crippen LogP contribution in [0.3, 0.4) is 0 Å². The molecule has 0 aliphatic carbocycles. The third kappa shape index (κ3) is 3.23. The summed E-state index contributed by atoms with van der Waals surface area (Å²) in [5.74, 6) is -0.229. The standard InChI is InChI=1S/C14H10IN3O/c15-11-4-2-10(3-5-11)14(19)18-13-6-1-9(8-16)7-12(13)17/h1-7H,17H2,(H,18,19). The van der Waals surface area contributed by atoms with Crippen molar-refractivity contribution in [3.63, 3.8) is 0 Å². The fraction of sp³-hybridized carbons (Fsp3) is 0. The van der Waals surface area contributed by atoms with Crippen LogP contribution in [0.5, 0.6) is 0 Å². The molecule has 3 N–H and O–H groups in total. The molecule has 1 amide bonds. The molecule has 19 heavy (non-hydrogen) atoms. The minimum atomic E-state index is -0.229. The van der Waals surface area contributed by atoms with Crippen molar-refractivity contribution >= 4 is 39.9 Å². The van der Waals surface area contributed by atoms with E-state index in [4.69, 9.17) is 11.0 Å². The van der Waals surface area contributed by atoms with Crippen LogP contribution in [0.1, 0.15) is 15.9 Å². The molecular formula is C14H10IN3O. The molecule has 5 heteroatoms. The van der Waals surface area contributed by atoms with Crippen LogP contribution in [0, 0.1) is 14.9 Å². The summed E-state index contributed by atoms with van der Waals surface area (Å²) >= 11 is 2.17. The van der Waals surface area contributed by atoms with E-state index in [9.17, 15) is 4.79 Å². The van der Waals surface area contributed by atoms with Gasteiger partial charge < -0.3 is 11.1 Å². The topological polar surface area (TPSA) is 78.9 Å². The Balaban J connectivity index is 2.20. The van der Waals surface area contributed by atoms with Crippen molar-refractivity contribution in [3.05, 3.63) is 57.2 Å². The summed E-state index contributed by atoms with van der Waals surface area (Å²) in [6, 6.07) is 14.0. The third-order valence-corrected chi connectivity index (χ3v) is 3.25. The Labute approximate surface area is 124 Å². The zero-order valence-corrected chi connectivity index (χ0v) is 12.0. The first-order valence-corrected chi connectivity index (χ1v) is 6.54. The number of hydrogen-bond acceptors (Lipinski definition) is 3. The highest BCUT2D eigenvalue weighted by Gasteiger charge is 2.08. The first-order valence-electron chi connectivity index (χ1n) is 5.46. The molecule has 0 saturated carbocycles. The second-order valence-electron chi connectivity index (χ2n) is 3.87. The van der Waals surface area contributed by atoms with Crippen molar-refractivity contribution in [2.45, 2.75) is 0 Å². The van der Waals surface area contributed by atoms with E-state index in [0.717, 1.165) is 3.57 Å². The monoisotopic (exact) mass is 363 g/mol. The van der Waals surface area contributed by atoms with Crippen LogP contribution in [0.25, 0.3) is 0 Å². The van der Waals surface area contributed by atoms with Crippen molar-refractivity contribution in [1.29, 1.82) is 5.26 Å². The molecule has 0 atom stereocenters. The van der Waals surface area contributed by atoms with Gasteiger partial charge in [-0.25, -0.2) is 0 Å². The number of nitriles is 1. The Morgan fingerprint density at radius 3 is 2.47 bits per heavy atom. The number of benzene rings is 2. The van der Waals surface area contributed by atoms with Gasteiger partial charge in [-0.2, -0.15) is 5.26 Å². The average molecular weight is 363 g/mol. The van der Waals surface area contributed by atoms with Gasteiger partial charge in [-0.15, -0.1) is 0 Å². The zero-order valence-electron chi connectivity index (χ0n) is 9.85. The molecule has 2 aromatic carbocycles. The number of amides is 1. The number of nitrogens with zero attached hydrogens (tertiary/aromatic N) is 1. The molecule has 2 aromatic rings. The fourth-order valence-electron chi connectivity index (χ4n) is 1.54. The largest absolute Gasteiger partial charge is 0.397 e. The van der Waals surface area contributed by atoms with Gasteiger partial charge in [-0.3, -0.25) is 4.79 Å².